The zero-order chi connectivity index (χ0) is 48.3. The molecule has 3 aliphatic carbocycles. The van der Waals surface area contributed by atoms with Crippen molar-refractivity contribution in [2.75, 3.05) is 91.6 Å². The molecule has 16 heteroatoms. The van der Waals surface area contributed by atoms with Crippen LogP contribution in [0.5, 0.6) is 0 Å². The lowest BCUT2D eigenvalue weighted by Crippen LogP contribution is -2.69. The van der Waals surface area contributed by atoms with E-state index in [2.05, 4.69) is 41.2 Å². The fourth-order valence-corrected chi connectivity index (χ4v) is 15.1. The predicted molar refractivity (Wildman–Crippen MR) is 273 cm³/mol. The number of fused-ring (bicyclic) bond motifs is 2. The number of carbonyl (C=O) groups is 2. The average Bonchev–Trinajstić information content (AvgIpc) is 4.05. The Labute approximate surface area is 420 Å². The van der Waals surface area contributed by atoms with E-state index in [1.54, 1.807) is 29.3 Å². The lowest BCUT2D eigenvalue weighted by Gasteiger charge is -2.71. The second-order valence-corrected chi connectivity index (χ2v) is 23.8. The summed E-state index contributed by atoms with van der Waals surface area (Å²) in [5, 5.41) is 12.1. The maximum atomic E-state index is 15.1. The number of aromatic nitrogens is 5. The number of pyridine rings is 1. The molecule has 0 radical (unpaired) electrons. The smallest absolute Gasteiger partial charge is 0.256 e. The van der Waals surface area contributed by atoms with Gasteiger partial charge >= 0.3 is 0 Å². The Kier molecular flexibility index (Phi) is 13.0. The summed E-state index contributed by atoms with van der Waals surface area (Å²) in [5.41, 5.74) is 3.77. The Hall–Kier alpha value is -4.87. The predicted octanol–water partition coefficient (Wildman–Crippen LogP) is 6.41. The second-order valence-electron chi connectivity index (χ2n) is 22.5. The Bertz CT molecular complexity index is 2820. The standard InChI is InChI=1S/C55H70FN11O3S/c1-38-50(58-48(71-38)32-66-16-7-10-46(66)51-60-59-47-11-3-2-6-17-67(47)51)55-34-54(35-55,36-55)37-63-22-20-62(21-23-63)31-39-14-18-61(19-15-39)33-49(68)64-24-26-65(27-25-64)53(70)44-29-40(12-13-45(44)56)28-41-30-57-52(69)43-9-5-4-8-42(41)43/h4-5,8-9,12-13,29-30,39,46H,2-3,6-7,10-11,14-28,31-37H2,1H3,(H,57,69). The number of nitrogens with zero attached hydrogens (tertiary/aromatic N) is 10. The molecule has 7 fully saturated rings. The highest BCUT2D eigenvalue weighted by Crippen LogP contribution is 2.74. The quantitative estimate of drug-likeness (QED) is 0.141. The zero-order valence-corrected chi connectivity index (χ0v) is 42.4. The van der Waals surface area contributed by atoms with Gasteiger partial charge in [-0.15, -0.1) is 21.5 Å². The number of thiazole rings is 1. The van der Waals surface area contributed by atoms with Crippen molar-refractivity contribution in [3.63, 3.8) is 0 Å². The van der Waals surface area contributed by atoms with Crippen LogP contribution in [0.4, 0.5) is 4.39 Å². The highest BCUT2D eigenvalue weighted by Gasteiger charge is 2.69. The van der Waals surface area contributed by atoms with Gasteiger partial charge in [0.15, 0.2) is 0 Å². The molecule has 1 atom stereocenters. The molecule has 0 spiro atoms. The molecule has 5 aromatic rings. The number of aromatic amines is 1. The van der Waals surface area contributed by atoms with E-state index in [1.807, 2.05) is 34.4 Å². The summed E-state index contributed by atoms with van der Waals surface area (Å²) < 4.78 is 17.6. The lowest BCUT2D eigenvalue weighted by atomic mass is 9.34. The van der Waals surface area contributed by atoms with Gasteiger partial charge in [0.2, 0.25) is 5.91 Å². The van der Waals surface area contributed by atoms with Crippen molar-refractivity contribution in [1.29, 1.82) is 0 Å². The number of piperidine rings is 1. The molecule has 3 saturated carbocycles. The Morgan fingerprint density at radius 1 is 0.803 bits per heavy atom. The van der Waals surface area contributed by atoms with Crippen molar-refractivity contribution in [1.82, 2.24) is 54.1 Å². The highest BCUT2D eigenvalue weighted by atomic mass is 32.1. The number of carbonyl (C=O) groups excluding carboxylic acids is 2. The van der Waals surface area contributed by atoms with Gasteiger partial charge in [-0.05, 0) is 137 Å². The minimum Gasteiger partial charge on any atom is -0.338 e. The van der Waals surface area contributed by atoms with Gasteiger partial charge in [-0.1, -0.05) is 30.7 Å². The van der Waals surface area contributed by atoms with Crippen LogP contribution in [-0.4, -0.2) is 158 Å². The minimum atomic E-state index is -0.556. The Morgan fingerprint density at radius 3 is 2.37 bits per heavy atom. The molecule has 5 aliphatic heterocycles. The minimum absolute atomic E-state index is 0.0372. The van der Waals surface area contributed by atoms with Gasteiger partial charge in [-0.2, -0.15) is 0 Å². The van der Waals surface area contributed by atoms with E-state index in [4.69, 9.17) is 10.1 Å². The molecular weight excluding hydrogens is 914 g/mol. The van der Waals surface area contributed by atoms with Crippen LogP contribution in [0.3, 0.4) is 0 Å². The normalized spacial score (nSPS) is 25.8. The van der Waals surface area contributed by atoms with Gasteiger partial charge in [0, 0.05) is 100 Å². The molecular formula is C55H70FN11O3S. The number of amides is 2. The highest BCUT2D eigenvalue weighted by molar-refractivity contribution is 7.11. The molecule has 13 rings (SSSR count). The third-order valence-electron chi connectivity index (χ3n) is 17.7. The van der Waals surface area contributed by atoms with Crippen LogP contribution >= 0.6 is 11.3 Å². The summed E-state index contributed by atoms with van der Waals surface area (Å²) in [6.45, 7) is 16.3. The molecule has 3 aromatic heterocycles. The van der Waals surface area contributed by atoms with Crippen LogP contribution in [-0.2, 0) is 36.1 Å². The van der Waals surface area contributed by atoms with Gasteiger partial charge in [-0.3, -0.25) is 24.2 Å². The number of benzene rings is 2. The van der Waals surface area contributed by atoms with Crippen LogP contribution in [0.25, 0.3) is 10.8 Å². The molecule has 14 nitrogen and oxygen atoms in total. The number of likely N-dealkylation sites (tertiary alicyclic amines) is 2. The SMILES string of the molecule is Cc1sc(CN2CCCC2c2nnc3n2CCCCC3)nc1C12CC(CN3CCN(CC4CCN(CC(=O)N5CCN(C(=O)c6cc(Cc7c[nH]c(=O)c8ccccc78)ccc6F)CC5)CC4)CC3)(C1)C2. The number of rotatable bonds is 13. The van der Waals surface area contributed by atoms with Crippen molar-refractivity contribution < 1.29 is 14.0 Å². The number of H-pyrrole nitrogens is 1. The van der Waals surface area contributed by atoms with Crippen LogP contribution in [0.1, 0.15) is 119 Å². The zero-order valence-electron chi connectivity index (χ0n) is 41.6. The van der Waals surface area contributed by atoms with E-state index in [1.165, 1.54) is 91.2 Å². The second kappa shape index (κ2) is 19.5. The molecule has 2 aromatic carbocycles. The maximum Gasteiger partial charge on any atom is 0.256 e. The van der Waals surface area contributed by atoms with Crippen molar-refractivity contribution in [2.45, 2.75) is 109 Å². The largest absolute Gasteiger partial charge is 0.338 e. The van der Waals surface area contributed by atoms with E-state index in [9.17, 15) is 14.4 Å². The van der Waals surface area contributed by atoms with Gasteiger partial charge < -0.3 is 29.2 Å². The fourth-order valence-electron chi connectivity index (χ4n) is 14.1. The van der Waals surface area contributed by atoms with E-state index in [0.29, 0.717) is 67.3 Å². The molecule has 8 aliphatic rings. The number of aryl methyl sites for hydroxylation is 2. The van der Waals surface area contributed by atoms with Crippen molar-refractivity contribution in [3.8, 4) is 0 Å². The number of hydrogen-bond acceptors (Lipinski definition) is 11. The van der Waals surface area contributed by atoms with Crippen LogP contribution in [0.2, 0.25) is 0 Å². The number of halogens is 1. The van der Waals surface area contributed by atoms with E-state index >= 15 is 4.39 Å². The first-order chi connectivity index (χ1) is 34.6. The summed E-state index contributed by atoms with van der Waals surface area (Å²) in [6, 6.07) is 12.4. The van der Waals surface area contributed by atoms with E-state index in [-0.39, 0.29) is 22.9 Å². The topological polar surface area (TPSA) is 130 Å². The van der Waals surface area contributed by atoms with E-state index < -0.39 is 5.82 Å². The van der Waals surface area contributed by atoms with Gasteiger partial charge in [-0.25, -0.2) is 9.37 Å². The van der Waals surface area contributed by atoms with Gasteiger partial charge in [0.05, 0.1) is 30.4 Å². The van der Waals surface area contributed by atoms with E-state index in [0.717, 1.165) is 101 Å². The van der Waals surface area contributed by atoms with Gasteiger partial charge in [0.25, 0.3) is 11.5 Å². The first-order valence-electron chi connectivity index (χ1n) is 26.8. The average molecular weight is 984 g/mol. The van der Waals surface area contributed by atoms with Crippen molar-refractivity contribution >= 4 is 33.9 Å². The Morgan fingerprint density at radius 2 is 1.56 bits per heavy atom. The molecule has 8 heterocycles. The molecule has 4 saturated heterocycles. The van der Waals surface area contributed by atoms with Crippen molar-refractivity contribution in [3.05, 3.63) is 109 Å². The molecule has 1 N–H and O–H groups in total. The van der Waals surface area contributed by atoms with Gasteiger partial charge in [0.1, 0.15) is 22.5 Å². The molecule has 71 heavy (non-hydrogen) atoms. The van der Waals surface area contributed by atoms with Crippen LogP contribution in [0, 0.1) is 24.1 Å². The van der Waals surface area contributed by atoms with Crippen molar-refractivity contribution in [2.24, 2.45) is 11.3 Å². The molecule has 2 amide bonds. The van der Waals surface area contributed by atoms with Crippen LogP contribution in [0.15, 0.2) is 53.5 Å². The maximum absolute atomic E-state index is 15.1. The summed E-state index contributed by atoms with van der Waals surface area (Å²) >= 11 is 1.94. The first kappa shape index (κ1) is 47.2. The number of nitrogens with one attached hydrogen (secondary N) is 1. The number of hydrogen-bond donors (Lipinski definition) is 1. The van der Waals surface area contributed by atoms with Crippen LogP contribution < -0.4 is 5.56 Å². The third-order valence-corrected chi connectivity index (χ3v) is 18.7. The Balaban J connectivity index is 0.550. The molecule has 376 valence electrons. The lowest BCUT2D eigenvalue weighted by molar-refractivity contribution is -0.160. The third kappa shape index (κ3) is 9.40. The monoisotopic (exact) mass is 984 g/mol. The molecule has 2 bridgehead atoms. The molecule has 1 unspecified atom stereocenters. The number of piperazine rings is 2. The summed E-state index contributed by atoms with van der Waals surface area (Å²) in [7, 11) is 0. The summed E-state index contributed by atoms with van der Waals surface area (Å²) in [4.78, 5) is 63.0. The first-order valence-corrected chi connectivity index (χ1v) is 27.6. The summed E-state index contributed by atoms with van der Waals surface area (Å²) in [6.07, 6.45) is 15.5. The fraction of sp³-hybridized carbons (Fsp3) is 0.600. The summed E-state index contributed by atoms with van der Waals surface area (Å²) in [5.74, 6) is 2.24.